The van der Waals surface area contributed by atoms with Gasteiger partial charge in [-0.25, -0.2) is 4.79 Å². The Kier molecular flexibility index (Phi) is 5.90. The van der Waals surface area contributed by atoms with Crippen molar-refractivity contribution in [2.24, 2.45) is 14.1 Å². The van der Waals surface area contributed by atoms with E-state index in [2.05, 4.69) is 5.32 Å². The van der Waals surface area contributed by atoms with Gasteiger partial charge in [0.05, 0.1) is 29.4 Å². The minimum Gasteiger partial charge on any atom is -0.496 e. The number of imidazole rings is 1. The van der Waals surface area contributed by atoms with Crippen LogP contribution in [0, 0.1) is 0 Å². The molecule has 1 aliphatic carbocycles. The van der Waals surface area contributed by atoms with E-state index in [0.717, 1.165) is 21.6 Å². The number of aromatic nitrogens is 2. The van der Waals surface area contributed by atoms with Crippen molar-refractivity contribution in [2.75, 3.05) is 12.4 Å². The van der Waals surface area contributed by atoms with Crippen LogP contribution in [0.1, 0.15) is 42.5 Å². The number of fused-ring (bicyclic) bond motifs is 1. The summed E-state index contributed by atoms with van der Waals surface area (Å²) in [4.78, 5) is 26.5. The summed E-state index contributed by atoms with van der Waals surface area (Å²) in [6.45, 7) is 0. The Bertz CT molecular complexity index is 1140. The molecule has 30 heavy (non-hydrogen) atoms. The normalized spacial score (nSPS) is 14.8. The van der Waals surface area contributed by atoms with Crippen LogP contribution in [-0.2, 0) is 14.1 Å². The quantitative estimate of drug-likeness (QED) is 0.651. The van der Waals surface area contributed by atoms with Crippen LogP contribution in [0.25, 0.3) is 11.0 Å². The number of para-hydroxylation sites is 1. The molecule has 0 atom stereocenters. The molecular formula is C23H27N3O3S. The molecule has 1 aromatic heterocycles. The number of benzene rings is 2. The summed E-state index contributed by atoms with van der Waals surface area (Å²) in [5, 5.41) is 3.60. The van der Waals surface area contributed by atoms with E-state index in [1.54, 1.807) is 54.2 Å². The maximum Gasteiger partial charge on any atom is 0.328 e. The van der Waals surface area contributed by atoms with E-state index in [0.29, 0.717) is 16.6 Å². The van der Waals surface area contributed by atoms with Gasteiger partial charge in [-0.3, -0.25) is 13.9 Å². The van der Waals surface area contributed by atoms with E-state index in [1.807, 2.05) is 24.3 Å². The molecule has 6 nitrogen and oxygen atoms in total. The molecule has 0 saturated heterocycles. The molecule has 1 heterocycles. The molecule has 0 unspecified atom stereocenters. The van der Waals surface area contributed by atoms with Gasteiger partial charge in [-0.05, 0) is 37.1 Å². The highest BCUT2D eigenvalue weighted by molar-refractivity contribution is 8.00. The Hall–Kier alpha value is -2.67. The van der Waals surface area contributed by atoms with E-state index in [1.165, 1.54) is 32.1 Å². The Balaban J connectivity index is 1.75. The second-order valence-corrected chi connectivity index (χ2v) is 9.11. The fourth-order valence-electron chi connectivity index (χ4n) is 4.11. The van der Waals surface area contributed by atoms with Crippen molar-refractivity contribution in [2.45, 2.75) is 42.2 Å². The third kappa shape index (κ3) is 3.86. The molecule has 0 aliphatic heterocycles. The van der Waals surface area contributed by atoms with Crippen LogP contribution in [-0.4, -0.2) is 27.4 Å². The number of amides is 1. The first kappa shape index (κ1) is 20.6. The van der Waals surface area contributed by atoms with Crippen LogP contribution in [0.3, 0.4) is 0 Å². The van der Waals surface area contributed by atoms with Crippen LogP contribution in [0.15, 0.2) is 46.1 Å². The predicted molar refractivity (Wildman–Crippen MR) is 122 cm³/mol. The van der Waals surface area contributed by atoms with Crippen LogP contribution >= 0.6 is 11.8 Å². The number of aryl methyl sites for hydroxylation is 2. The zero-order valence-electron chi connectivity index (χ0n) is 17.6. The van der Waals surface area contributed by atoms with Crippen molar-refractivity contribution >= 4 is 34.4 Å². The van der Waals surface area contributed by atoms with Gasteiger partial charge in [0.15, 0.2) is 0 Å². The van der Waals surface area contributed by atoms with Crippen LogP contribution in [0.2, 0.25) is 0 Å². The van der Waals surface area contributed by atoms with Crippen molar-refractivity contribution in [1.82, 2.24) is 9.13 Å². The molecule has 7 heteroatoms. The molecule has 3 aromatic rings. The van der Waals surface area contributed by atoms with E-state index in [4.69, 9.17) is 4.74 Å². The van der Waals surface area contributed by atoms with Crippen LogP contribution in [0.5, 0.6) is 5.75 Å². The molecule has 158 valence electrons. The van der Waals surface area contributed by atoms with Gasteiger partial charge >= 0.3 is 5.69 Å². The Labute approximate surface area is 180 Å². The molecule has 1 saturated carbocycles. The van der Waals surface area contributed by atoms with E-state index < -0.39 is 0 Å². The average Bonchev–Trinajstić information content (AvgIpc) is 2.98. The number of carbonyl (C=O) groups is 1. The van der Waals surface area contributed by atoms with Gasteiger partial charge in [-0.15, -0.1) is 11.8 Å². The second-order valence-electron chi connectivity index (χ2n) is 7.77. The number of anilines is 1. The van der Waals surface area contributed by atoms with Crippen molar-refractivity contribution in [3.8, 4) is 5.75 Å². The average molecular weight is 426 g/mol. The summed E-state index contributed by atoms with van der Waals surface area (Å²) < 4.78 is 8.62. The third-order valence-corrected chi connectivity index (χ3v) is 7.22. The number of hydrogen-bond donors (Lipinski definition) is 1. The molecule has 1 amide bonds. The largest absolute Gasteiger partial charge is 0.496 e. The van der Waals surface area contributed by atoms with Gasteiger partial charge in [-0.2, -0.15) is 0 Å². The molecule has 0 spiro atoms. The van der Waals surface area contributed by atoms with Crippen molar-refractivity contribution in [3.05, 3.63) is 52.4 Å². The minimum atomic E-state index is -0.224. The molecular weight excluding hydrogens is 398 g/mol. The summed E-state index contributed by atoms with van der Waals surface area (Å²) in [5.74, 6) is 0.308. The van der Waals surface area contributed by atoms with Crippen LogP contribution in [0.4, 0.5) is 5.69 Å². The third-order valence-electron chi connectivity index (χ3n) is 5.82. The van der Waals surface area contributed by atoms with Gasteiger partial charge in [0.1, 0.15) is 5.75 Å². The molecule has 1 aliphatic rings. The highest BCUT2D eigenvalue weighted by Crippen LogP contribution is 2.39. The van der Waals surface area contributed by atoms with Crippen molar-refractivity contribution < 1.29 is 9.53 Å². The van der Waals surface area contributed by atoms with Crippen molar-refractivity contribution in [3.63, 3.8) is 0 Å². The van der Waals surface area contributed by atoms with Crippen molar-refractivity contribution in [1.29, 1.82) is 0 Å². The standard InChI is InChI=1S/C23H27N3O3S/c1-25-18-13-17(24-22(27)16-11-7-8-12-20(16)29-3)21(14-19(18)26(2)23(25)28)30-15-9-5-4-6-10-15/h7-8,11-15H,4-6,9-10H2,1-3H3,(H,24,27). The first-order valence-corrected chi connectivity index (χ1v) is 11.2. The molecule has 2 aromatic carbocycles. The number of thioether (sulfide) groups is 1. The number of nitrogens with zero attached hydrogens (tertiary/aromatic N) is 2. The number of hydrogen-bond acceptors (Lipinski definition) is 4. The zero-order chi connectivity index (χ0) is 21.3. The summed E-state index contributed by atoms with van der Waals surface area (Å²) in [7, 11) is 5.10. The number of rotatable bonds is 5. The zero-order valence-corrected chi connectivity index (χ0v) is 18.4. The lowest BCUT2D eigenvalue weighted by atomic mass is 10.0. The number of nitrogens with one attached hydrogen (secondary N) is 1. The van der Waals surface area contributed by atoms with Gasteiger partial charge < -0.3 is 10.1 Å². The summed E-state index contributed by atoms with van der Waals surface area (Å²) >= 11 is 1.81. The number of methoxy groups -OCH3 is 1. The maximum absolute atomic E-state index is 13.1. The fourth-order valence-corrected chi connectivity index (χ4v) is 5.45. The summed E-state index contributed by atoms with van der Waals surface area (Å²) in [6, 6.07) is 11.1. The number of carbonyl (C=O) groups excluding carboxylic acids is 1. The SMILES string of the molecule is COc1ccccc1C(=O)Nc1cc2c(cc1SC1CCCCC1)n(C)c(=O)n2C. The van der Waals surface area contributed by atoms with Gasteiger partial charge in [0.2, 0.25) is 0 Å². The Morgan fingerprint density at radius 2 is 1.73 bits per heavy atom. The smallest absolute Gasteiger partial charge is 0.328 e. The summed E-state index contributed by atoms with van der Waals surface area (Å²) in [5.41, 5.74) is 2.81. The van der Waals surface area contributed by atoms with Crippen LogP contribution < -0.4 is 15.7 Å². The van der Waals surface area contributed by atoms with Gasteiger partial charge in [0.25, 0.3) is 5.91 Å². The minimum absolute atomic E-state index is 0.0770. The fraction of sp³-hybridized carbons (Fsp3) is 0.391. The molecule has 1 fully saturated rings. The van der Waals surface area contributed by atoms with Gasteiger partial charge in [0, 0.05) is 24.2 Å². The van der Waals surface area contributed by atoms with E-state index >= 15 is 0 Å². The summed E-state index contributed by atoms with van der Waals surface area (Å²) in [6.07, 6.45) is 6.13. The Morgan fingerprint density at radius 3 is 2.43 bits per heavy atom. The monoisotopic (exact) mass is 425 g/mol. The first-order chi connectivity index (χ1) is 14.5. The van der Waals surface area contributed by atoms with E-state index in [9.17, 15) is 9.59 Å². The lowest BCUT2D eigenvalue weighted by Crippen LogP contribution is -2.19. The predicted octanol–water partition coefficient (Wildman–Crippen LogP) is 4.56. The van der Waals surface area contributed by atoms with E-state index in [-0.39, 0.29) is 11.6 Å². The lowest BCUT2D eigenvalue weighted by Gasteiger charge is -2.22. The lowest BCUT2D eigenvalue weighted by molar-refractivity contribution is 0.102. The molecule has 1 N–H and O–H groups in total. The topological polar surface area (TPSA) is 65.3 Å². The van der Waals surface area contributed by atoms with Gasteiger partial charge in [-0.1, -0.05) is 31.4 Å². The highest BCUT2D eigenvalue weighted by Gasteiger charge is 2.21. The first-order valence-electron chi connectivity index (χ1n) is 10.3. The second kappa shape index (κ2) is 8.60. The maximum atomic E-state index is 13.1. The molecule has 4 rings (SSSR count). The number of ether oxygens (including phenoxy) is 1. The highest BCUT2D eigenvalue weighted by atomic mass is 32.2. The molecule has 0 bridgehead atoms. The molecule has 0 radical (unpaired) electrons. The Morgan fingerprint density at radius 1 is 1.07 bits per heavy atom.